The van der Waals surface area contributed by atoms with Gasteiger partial charge < -0.3 is 15.4 Å². The molecule has 0 saturated heterocycles. The fourth-order valence-electron chi connectivity index (χ4n) is 2.79. The third-order valence-corrected chi connectivity index (χ3v) is 5.61. The molecule has 160 valence electrons. The maximum atomic E-state index is 12.8. The van der Waals surface area contributed by atoms with Crippen LogP contribution in [0.3, 0.4) is 0 Å². The van der Waals surface area contributed by atoms with E-state index in [0.717, 1.165) is 0 Å². The molecule has 3 aromatic carbocycles. The molecule has 2 amide bonds. The van der Waals surface area contributed by atoms with Crippen LogP contribution in [0.15, 0.2) is 77.7 Å². The Morgan fingerprint density at radius 2 is 1.55 bits per heavy atom. The van der Waals surface area contributed by atoms with Crippen molar-refractivity contribution in [1.82, 2.24) is 0 Å². The summed E-state index contributed by atoms with van der Waals surface area (Å²) in [5.74, 6) is -0.160. The number of hydrogen-bond acceptors (Lipinski definition) is 5. The molecule has 3 N–H and O–H groups in total. The van der Waals surface area contributed by atoms with E-state index in [1.165, 1.54) is 50.4 Å². The number of benzene rings is 3. The lowest BCUT2D eigenvalue weighted by molar-refractivity contribution is -0.114. The van der Waals surface area contributed by atoms with Crippen molar-refractivity contribution >= 4 is 38.9 Å². The van der Waals surface area contributed by atoms with Crippen LogP contribution >= 0.6 is 0 Å². The Bertz CT molecular complexity index is 1210. The van der Waals surface area contributed by atoms with Crippen molar-refractivity contribution in [2.45, 2.75) is 11.8 Å². The van der Waals surface area contributed by atoms with Crippen LogP contribution in [0.2, 0.25) is 0 Å². The number of sulfonamides is 1. The number of para-hydroxylation sites is 1. The smallest absolute Gasteiger partial charge is 0.261 e. The van der Waals surface area contributed by atoms with Gasteiger partial charge in [0, 0.05) is 24.4 Å². The first-order chi connectivity index (χ1) is 14.8. The molecule has 0 heterocycles. The summed E-state index contributed by atoms with van der Waals surface area (Å²) >= 11 is 0. The van der Waals surface area contributed by atoms with Crippen LogP contribution in [0.5, 0.6) is 5.75 Å². The number of methoxy groups -OCH3 is 1. The van der Waals surface area contributed by atoms with Crippen LogP contribution in [0.25, 0.3) is 0 Å². The van der Waals surface area contributed by atoms with Gasteiger partial charge in [-0.05, 0) is 48.5 Å². The van der Waals surface area contributed by atoms with Gasteiger partial charge in [-0.2, -0.15) is 0 Å². The molecule has 3 aromatic rings. The van der Waals surface area contributed by atoms with Crippen LogP contribution in [0.4, 0.5) is 17.1 Å². The van der Waals surface area contributed by atoms with Crippen LogP contribution in [0, 0.1) is 0 Å². The van der Waals surface area contributed by atoms with Gasteiger partial charge in [0.2, 0.25) is 5.91 Å². The molecule has 0 aliphatic rings. The van der Waals surface area contributed by atoms with Crippen molar-refractivity contribution in [3.05, 3.63) is 78.4 Å². The van der Waals surface area contributed by atoms with Crippen molar-refractivity contribution in [2.24, 2.45) is 0 Å². The Balaban J connectivity index is 1.82. The summed E-state index contributed by atoms with van der Waals surface area (Å²) in [6, 6.07) is 18.8. The van der Waals surface area contributed by atoms with E-state index in [-0.39, 0.29) is 22.1 Å². The highest BCUT2D eigenvalue weighted by Gasteiger charge is 2.19. The molecule has 0 fully saturated rings. The van der Waals surface area contributed by atoms with Crippen LogP contribution in [-0.2, 0) is 14.8 Å². The first kappa shape index (κ1) is 21.8. The van der Waals surface area contributed by atoms with E-state index in [1.54, 1.807) is 36.4 Å². The second kappa shape index (κ2) is 9.31. The zero-order valence-corrected chi connectivity index (χ0v) is 17.7. The Morgan fingerprint density at radius 1 is 0.839 bits per heavy atom. The summed E-state index contributed by atoms with van der Waals surface area (Å²) in [4.78, 5) is 23.9. The summed E-state index contributed by atoms with van der Waals surface area (Å²) < 4.78 is 33.2. The highest BCUT2D eigenvalue weighted by Crippen LogP contribution is 2.23. The molecule has 0 radical (unpaired) electrons. The maximum Gasteiger partial charge on any atom is 0.261 e. The van der Waals surface area contributed by atoms with Gasteiger partial charge in [-0.3, -0.25) is 14.3 Å². The average Bonchev–Trinajstić information content (AvgIpc) is 2.74. The number of ether oxygens (including phenoxy) is 1. The minimum absolute atomic E-state index is 0.00962. The minimum Gasteiger partial charge on any atom is -0.497 e. The lowest BCUT2D eigenvalue weighted by atomic mass is 10.1. The van der Waals surface area contributed by atoms with Crippen molar-refractivity contribution in [2.75, 3.05) is 22.5 Å². The van der Waals surface area contributed by atoms with Gasteiger partial charge in [-0.1, -0.05) is 18.2 Å². The number of carbonyl (C=O) groups excluding carboxylic acids is 2. The molecule has 0 spiro atoms. The number of nitrogens with one attached hydrogen (secondary N) is 3. The summed E-state index contributed by atoms with van der Waals surface area (Å²) in [5, 5.41) is 5.30. The fraction of sp³-hybridized carbons (Fsp3) is 0.0909. The fourth-order valence-corrected chi connectivity index (χ4v) is 3.87. The molecule has 31 heavy (non-hydrogen) atoms. The summed E-state index contributed by atoms with van der Waals surface area (Å²) in [6.45, 7) is 1.36. The predicted molar refractivity (Wildman–Crippen MR) is 119 cm³/mol. The van der Waals surface area contributed by atoms with E-state index in [4.69, 9.17) is 4.74 Å². The second-order valence-electron chi connectivity index (χ2n) is 6.54. The molecule has 0 aromatic heterocycles. The molecule has 0 atom stereocenters. The lowest BCUT2D eigenvalue weighted by Crippen LogP contribution is -2.18. The van der Waals surface area contributed by atoms with E-state index in [1.807, 2.05) is 0 Å². The predicted octanol–water partition coefficient (Wildman–Crippen LogP) is 3.71. The number of anilines is 3. The highest BCUT2D eigenvalue weighted by molar-refractivity contribution is 7.92. The average molecular weight is 439 g/mol. The third kappa shape index (κ3) is 5.61. The topological polar surface area (TPSA) is 114 Å². The van der Waals surface area contributed by atoms with E-state index < -0.39 is 15.9 Å². The number of carbonyl (C=O) groups is 2. The van der Waals surface area contributed by atoms with E-state index in [2.05, 4.69) is 15.4 Å². The van der Waals surface area contributed by atoms with Crippen LogP contribution in [-0.4, -0.2) is 27.3 Å². The molecule has 0 aliphatic carbocycles. The molecular formula is C22H21N3O5S. The van der Waals surface area contributed by atoms with E-state index in [0.29, 0.717) is 17.1 Å². The van der Waals surface area contributed by atoms with Gasteiger partial charge in [0.1, 0.15) is 5.75 Å². The van der Waals surface area contributed by atoms with Gasteiger partial charge >= 0.3 is 0 Å². The number of amides is 2. The monoisotopic (exact) mass is 439 g/mol. The normalized spacial score (nSPS) is 10.8. The lowest BCUT2D eigenvalue weighted by Gasteiger charge is -2.13. The first-order valence-electron chi connectivity index (χ1n) is 9.23. The summed E-state index contributed by atoms with van der Waals surface area (Å²) in [6.07, 6.45) is 0. The highest BCUT2D eigenvalue weighted by atomic mass is 32.2. The van der Waals surface area contributed by atoms with E-state index in [9.17, 15) is 18.0 Å². The van der Waals surface area contributed by atoms with Crippen molar-refractivity contribution < 1.29 is 22.7 Å². The summed E-state index contributed by atoms with van der Waals surface area (Å²) in [7, 11) is -2.44. The first-order valence-corrected chi connectivity index (χ1v) is 10.7. The molecule has 8 nitrogen and oxygen atoms in total. The van der Waals surface area contributed by atoms with Crippen LogP contribution in [0.1, 0.15) is 17.3 Å². The second-order valence-corrected chi connectivity index (χ2v) is 8.23. The zero-order valence-electron chi connectivity index (χ0n) is 16.9. The van der Waals surface area contributed by atoms with E-state index >= 15 is 0 Å². The van der Waals surface area contributed by atoms with Gasteiger partial charge in [0.15, 0.2) is 0 Å². The molecule has 3 rings (SSSR count). The van der Waals surface area contributed by atoms with Gasteiger partial charge in [-0.15, -0.1) is 0 Å². The Kier molecular flexibility index (Phi) is 6.56. The number of rotatable bonds is 7. The van der Waals surface area contributed by atoms with Gasteiger partial charge in [0.25, 0.3) is 15.9 Å². The van der Waals surface area contributed by atoms with Gasteiger partial charge in [0.05, 0.1) is 23.3 Å². The maximum absolute atomic E-state index is 12.8. The SMILES string of the molecule is COc1cccc(NC(=O)c2ccccc2NS(=O)(=O)c2ccc(NC(C)=O)cc2)c1. The molecule has 0 unspecified atom stereocenters. The minimum atomic E-state index is -3.96. The standard InChI is InChI=1S/C22H21N3O5S/c1-15(26)23-16-10-12-19(13-11-16)31(28,29)25-21-9-4-3-8-20(21)22(27)24-17-6-5-7-18(14-17)30-2/h3-14,25H,1-2H3,(H,23,26)(H,24,27). The van der Waals surface area contributed by atoms with Crippen molar-refractivity contribution in [1.29, 1.82) is 0 Å². The van der Waals surface area contributed by atoms with Crippen molar-refractivity contribution in [3.63, 3.8) is 0 Å². The number of hydrogen-bond donors (Lipinski definition) is 3. The molecule has 0 saturated carbocycles. The Labute approximate surface area is 180 Å². The Morgan fingerprint density at radius 3 is 2.23 bits per heavy atom. The van der Waals surface area contributed by atoms with Crippen molar-refractivity contribution in [3.8, 4) is 5.75 Å². The van der Waals surface area contributed by atoms with Crippen LogP contribution < -0.4 is 20.1 Å². The third-order valence-electron chi connectivity index (χ3n) is 4.23. The zero-order chi connectivity index (χ0) is 22.4. The Hall–Kier alpha value is -3.85. The van der Waals surface area contributed by atoms with Gasteiger partial charge in [-0.25, -0.2) is 8.42 Å². The summed E-state index contributed by atoms with van der Waals surface area (Å²) in [5.41, 5.74) is 1.28. The quantitative estimate of drug-likeness (QED) is 0.519. The largest absolute Gasteiger partial charge is 0.497 e. The molecule has 0 aliphatic heterocycles. The molecule has 0 bridgehead atoms. The molecular weight excluding hydrogens is 418 g/mol. The molecule has 9 heteroatoms.